The van der Waals surface area contributed by atoms with Crippen LogP contribution < -0.4 is 10.2 Å². The molecule has 1 aliphatic rings. The number of likely N-dealkylation sites (N-methyl/N-ethyl adjacent to an activating group) is 1. The number of carbonyl (C=O) groups is 2. The highest BCUT2D eigenvalue weighted by Crippen LogP contribution is 2.21. The van der Waals surface area contributed by atoms with E-state index in [1.165, 1.54) is 32.1 Å². The lowest BCUT2D eigenvalue weighted by Gasteiger charge is -2.30. The molecular weight excluding hydrogens is 350 g/mol. The molecule has 3 rings (SSSR count). The van der Waals surface area contributed by atoms with Crippen molar-refractivity contribution in [2.75, 3.05) is 30.9 Å². The molecule has 0 aliphatic heterocycles. The summed E-state index contributed by atoms with van der Waals surface area (Å²) >= 11 is 0. The summed E-state index contributed by atoms with van der Waals surface area (Å²) < 4.78 is 0. The van der Waals surface area contributed by atoms with Crippen molar-refractivity contribution in [3.63, 3.8) is 0 Å². The first-order valence-electron chi connectivity index (χ1n) is 9.98. The summed E-state index contributed by atoms with van der Waals surface area (Å²) in [5, 5.41) is 2.93. The Morgan fingerprint density at radius 1 is 0.929 bits per heavy atom. The van der Waals surface area contributed by atoms with Crippen LogP contribution >= 0.6 is 0 Å². The van der Waals surface area contributed by atoms with Crippen LogP contribution in [0.1, 0.15) is 42.5 Å². The quantitative estimate of drug-likeness (QED) is 0.820. The highest BCUT2D eigenvalue weighted by molar-refractivity contribution is 6.06. The third-order valence-corrected chi connectivity index (χ3v) is 5.45. The van der Waals surface area contributed by atoms with E-state index < -0.39 is 0 Å². The minimum atomic E-state index is -0.0823. The molecule has 0 unspecified atom stereocenters. The van der Waals surface area contributed by atoms with Gasteiger partial charge in [-0.25, -0.2) is 0 Å². The first-order valence-corrected chi connectivity index (χ1v) is 9.98. The molecule has 2 amide bonds. The minimum Gasteiger partial charge on any atom is -0.325 e. The van der Waals surface area contributed by atoms with Gasteiger partial charge in [0, 0.05) is 30.0 Å². The summed E-state index contributed by atoms with van der Waals surface area (Å²) in [6.07, 6.45) is 6.17. The van der Waals surface area contributed by atoms with E-state index in [-0.39, 0.29) is 11.8 Å². The fraction of sp³-hybridized carbons (Fsp3) is 0.391. The number of nitrogens with one attached hydrogen (secondary N) is 1. The Bertz CT molecular complexity index is 783. The summed E-state index contributed by atoms with van der Waals surface area (Å²) in [5.41, 5.74) is 2.14. The van der Waals surface area contributed by atoms with Crippen LogP contribution in [0.4, 0.5) is 11.4 Å². The Morgan fingerprint density at radius 2 is 1.57 bits per heavy atom. The van der Waals surface area contributed by atoms with Gasteiger partial charge in [0.15, 0.2) is 0 Å². The average Bonchev–Trinajstić information content (AvgIpc) is 2.74. The van der Waals surface area contributed by atoms with E-state index in [2.05, 4.69) is 10.2 Å². The van der Waals surface area contributed by atoms with Crippen LogP contribution in [0.15, 0.2) is 54.6 Å². The standard InChI is InChI=1S/C23H29N3O2/c1-25(20-9-5-3-6-10-20)17-22(27)24-19-15-13-18(14-16-19)23(28)26(2)21-11-7-4-8-12-21/h4,7-8,11-16,20H,3,5-6,9-10,17H2,1-2H3,(H,24,27). The van der Waals surface area contributed by atoms with Crippen molar-refractivity contribution in [1.82, 2.24) is 4.90 Å². The summed E-state index contributed by atoms with van der Waals surface area (Å²) in [6.45, 7) is 0.391. The maximum absolute atomic E-state index is 12.6. The first kappa shape index (κ1) is 20.1. The second-order valence-electron chi connectivity index (χ2n) is 7.53. The van der Waals surface area contributed by atoms with Crippen molar-refractivity contribution in [3.8, 4) is 0 Å². The number of hydrogen-bond acceptors (Lipinski definition) is 3. The van der Waals surface area contributed by atoms with Crippen LogP contribution in [0.25, 0.3) is 0 Å². The topological polar surface area (TPSA) is 52.7 Å². The third kappa shape index (κ3) is 5.20. The van der Waals surface area contributed by atoms with E-state index in [0.29, 0.717) is 23.8 Å². The summed E-state index contributed by atoms with van der Waals surface area (Å²) in [4.78, 5) is 28.8. The zero-order chi connectivity index (χ0) is 19.9. The summed E-state index contributed by atoms with van der Waals surface area (Å²) in [5.74, 6) is -0.102. The maximum atomic E-state index is 12.6. The van der Waals surface area contributed by atoms with E-state index in [9.17, 15) is 9.59 Å². The number of nitrogens with zero attached hydrogens (tertiary/aromatic N) is 2. The lowest BCUT2D eigenvalue weighted by Crippen LogP contribution is -2.39. The van der Waals surface area contributed by atoms with Crippen LogP contribution in [0.5, 0.6) is 0 Å². The molecule has 0 spiro atoms. The molecule has 0 saturated heterocycles. The van der Waals surface area contributed by atoms with Crippen LogP contribution in [0.2, 0.25) is 0 Å². The van der Waals surface area contributed by atoms with Crippen molar-refractivity contribution in [1.29, 1.82) is 0 Å². The Labute approximate surface area is 167 Å². The number of rotatable bonds is 6. The van der Waals surface area contributed by atoms with Gasteiger partial charge in [-0.1, -0.05) is 37.5 Å². The SMILES string of the molecule is CN(C(=O)c1ccc(NC(=O)CN(C)C2CCCCC2)cc1)c1ccccc1. The van der Waals surface area contributed by atoms with Crippen LogP contribution in [0, 0.1) is 0 Å². The number of benzene rings is 2. The van der Waals surface area contributed by atoms with Crippen molar-refractivity contribution in [2.24, 2.45) is 0 Å². The first-order chi connectivity index (χ1) is 13.5. The molecule has 0 aromatic heterocycles. The lowest BCUT2D eigenvalue weighted by atomic mass is 9.94. The maximum Gasteiger partial charge on any atom is 0.258 e. The normalized spacial score (nSPS) is 14.7. The fourth-order valence-electron chi connectivity index (χ4n) is 3.74. The number of anilines is 2. The van der Waals surface area contributed by atoms with Crippen molar-refractivity contribution in [3.05, 3.63) is 60.2 Å². The van der Waals surface area contributed by atoms with E-state index in [0.717, 1.165) is 5.69 Å². The number of carbonyl (C=O) groups excluding carboxylic acids is 2. The Kier molecular flexibility index (Phi) is 6.82. The molecule has 2 aromatic rings. The zero-order valence-corrected chi connectivity index (χ0v) is 16.7. The monoisotopic (exact) mass is 379 g/mol. The Morgan fingerprint density at radius 3 is 2.21 bits per heavy atom. The molecule has 1 saturated carbocycles. The Balaban J connectivity index is 1.55. The summed E-state index contributed by atoms with van der Waals surface area (Å²) in [6, 6.07) is 17.1. The molecule has 1 N–H and O–H groups in total. The smallest absolute Gasteiger partial charge is 0.258 e. The van der Waals surface area contributed by atoms with Crippen LogP contribution in [-0.4, -0.2) is 43.4 Å². The van der Waals surface area contributed by atoms with Gasteiger partial charge in [0.25, 0.3) is 5.91 Å². The van der Waals surface area contributed by atoms with Crippen LogP contribution in [-0.2, 0) is 4.79 Å². The number of para-hydroxylation sites is 1. The average molecular weight is 380 g/mol. The van der Waals surface area contributed by atoms with Crippen molar-refractivity contribution < 1.29 is 9.59 Å². The minimum absolute atomic E-state index is 0.0199. The highest BCUT2D eigenvalue weighted by Gasteiger charge is 2.20. The fourth-order valence-corrected chi connectivity index (χ4v) is 3.74. The molecule has 2 aromatic carbocycles. The molecule has 5 nitrogen and oxygen atoms in total. The predicted molar refractivity (Wildman–Crippen MR) is 114 cm³/mol. The van der Waals surface area contributed by atoms with E-state index in [1.54, 1.807) is 36.2 Å². The van der Waals surface area contributed by atoms with Gasteiger partial charge in [-0.2, -0.15) is 0 Å². The van der Waals surface area contributed by atoms with Gasteiger partial charge in [0.05, 0.1) is 6.54 Å². The molecular formula is C23H29N3O2. The molecule has 0 heterocycles. The zero-order valence-electron chi connectivity index (χ0n) is 16.7. The number of amides is 2. The van der Waals surface area contributed by atoms with Gasteiger partial charge in [0.2, 0.25) is 5.91 Å². The summed E-state index contributed by atoms with van der Waals surface area (Å²) in [7, 11) is 3.78. The second kappa shape index (κ2) is 9.51. The molecule has 0 atom stereocenters. The molecule has 0 radical (unpaired) electrons. The molecule has 0 bridgehead atoms. The van der Waals surface area contributed by atoms with Gasteiger partial charge < -0.3 is 10.2 Å². The molecule has 1 aliphatic carbocycles. The van der Waals surface area contributed by atoms with Gasteiger partial charge in [-0.05, 0) is 56.3 Å². The molecule has 28 heavy (non-hydrogen) atoms. The van der Waals surface area contributed by atoms with E-state index in [1.807, 2.05) is 37.4 Å². The predicted octanol–water partition coefficient (Wildman–Crippen LogP) is 4.17. The van der Waals surface area contributed by atoms with Gasteiger partial charge in [-0.3, -0.25) is 14.5 Å². The third-order valence-electron chi connectivity index (χ3n) is 5.45. The lowest BCUT2D eigenvalue weighted by molar-refractivity contribution is -0.117. The largest absolute Gasteiger partial charge is 0.325 e. The highest BCUT2D eigenvalue weighted by atomic mass is 16.2. The van der Waals surface area contributed by atoms with E-state index in [4.69, 9.17) is 0 Å². The molecule has 1 fully saturated rings. The molecule has 5 heteroatoms. The second-order valence-corrected chi connectivity index (χ2v) is 7.53. The van der Waals surface area contributed by atoms with E-state index >= 15 is 0 Å². The van der Waals surface area contributed by atoms with Gasteiger partial charge in [-0.15, -0.1) is 0 Å². The Hall–Kier alpha value is -2.66. The molecule has 148 valence electrons. The van der Waals surface area contributed by atoms with Gasteiger partial charge in [0.1, 0.15) is 0 Å². The van der Waals surface area contributed by atoms with Gasteiger partial charge >= 0.3 is 0 Å². The number of hydrogen-bond donors (Lipinski definition) is 1. The van der Waals surface area contributed by atoms with Crippen molar-refractivity contribution >= 4 is 23.2 Å². The van der Waals surface area contributed by atoms with Crippen molar-refractivity contribution in [2.45, 2.75) is 38.1 Å². The van der Waals surface area contributed by atoms with Crippen LogP contribution in [0.3, 0.4) is 0 Å².